The summed E-state index contributed by atoms with van der Waals surface area (Å²) in [7, 11) is 0. The first-order chi connectivity index (χ1) is 6.06. The van der Waals surface area contributed by atoms with Crippen LogP contribution in [0.3, 0.4) is 0 Å². The van der Waals surface area contributed by atoms with E-state index in [-0.39, 0.29) is 5.78 Å². The summed E-state index contributed by atoms with van der Waals surface area (Å²) >= 11 is 7.81. The van der Waals surface area contributed by atoms with E-state index in [0.717, 1.165) is 3.57 Å². The van der Waals surface area contributed by atoms with Gasteiger partial charge in [-0.25, -0.2) is 0 Å². The van der Waals surface area contributed by atoms with Gasteiger partial charge in [-0.15, -0.1) is 0 Å². The van der Waals surface area contributed by atoms with Crippen LogP contribution in [0.15, 0.2) is 12.1 Å². The molecule has 0 aromatic heterocycles. The molecule has 1 aromatic rings. The topological polar surface area (TPSA) is 34.1 Å². The minimum Gasteiger partial charge on any atom is -0.298 e. The van der Waals surface area contributed by atoms with E-state index in [0.29, 0.717) is 22.4 Å². The van der Waals surface area contributed by atoms with Gasteiger partial charge in [-0.1, -0.05) is 11.6 Å². The largest absolute Gasteiger partial charge is 0.298 e. The minimum atomic E-state index is -0.128. The van der Waals surface area contributed by atoms with Crippen LogP contribution in [0, 0.1) is 3.57 Å². The highest BCUT2D eigenvalue weighted by Crippen LogP contribution is 2.22. The molecule has 68 valence electrons. The Bertz CT molecular complexity index is 374. The lowest BCUT2D eigenvalue weighted by Gasteiger charge is -2.02. The molecule has 0 bridgehead atoms. The van der Waals surface area contributed by atoms with Crippen LogP contribution >= 0.6 is 34.2 Å². The standard InChI is InChI=1S/C9H6ClIO2/c1-5(13)7-3-9(11)8(10)2-6(7)4-12/h2-4H,1H3. The van der Waals surface area contributed by atoms with Crippen molar-refractivity contribution in [3.8, 4) is 0 Å². The second-order valence-electron chi connectivity index (χ2n) is 2.53. The van der Waals surface area contributed by atoms with Crippen LogP contribution in [0.25, 0.3) is 0 Å². The minimum absolute atomic E-state index is 0.128. The predicted octanol–water partition coefficient (Wildman–Crippen LogP) is 2.96. The zero-order chi connectivity index (χ0) is 10.0. The molecule has 0 saturated heterocycles. The number of rotatable bonds is 2. The maximum Gasteiger partial charge on any atom is 0.160 e. The first-order valence-electron chi connectivity index (χ1n) is 3.51. The second-order valence-corrected chi connectivity index (χ2v) is 4.10. The SMILES string of the molecule is CC(=O)c1cc(I)c(Cl)cc1C=O. The van der Waals surface area contributed by atoms with Crippen molar-refractivity contribution in [2.24, 2.45) is 0 Å². The van der Waals surface area contributed by atoms with Gasteiger partial charge in [0.25, 0.3) is 0 Å². The number of hydrogen-bond acceptors (Lipinski definition) is 2. The van der Waals surface area contributed by atoms with E-state index in [4.69, 9.17) is 11.6 Å². The molecule has 0 amide bonds. The third-order valence-electron chi connectivity index (χ3n) is 1.60. The molecule has 0 aliphatic carbocycles. The molecule has 4 heteroatoms. The third-order valence-corrected chi connectivity index (χ3v) is 3.12. The zero-order valence-corrected chi connectivity index (χ0v) is 9.72. The summed E-state index contributed by atoms with van der Waals surface area (Å²) in [6, 6.07) is 3.13. The van der Waals surface area contributed by atoms with Crippen LogP contribution in [0.4, 0.5) is 0 Å². The maximum absolute atomic E-state index is 11.1. The number of hydrogen-bond donors (Lipinski definition) is 0. The second kappa shape index (κ2) is 4.19. The molecule has 0 aliphatic heterocycles. The van der Waals surface area contributed by atoms with E-state index >= 15 is 0 Å². The number of benzene rings is 1. The fourth-order valence-corrected chi connectivity index (χ4v) is 1.60. The number of ketones is 1. The molecule has 0 fully saturated rings. The van der Waals surface area contributed by atoms with Crippen molar-refractivity contribution in [2.75, 3.05) is 0 Å². The first-order valence-corrected chi connectivity index (χ1v) is 4.97. The highest BCUT2D eigenvalue weighted by atomic mass is 127. The number of carbonyl (C=O) groups excluding carboxylic acids is 2. The van der Waals surface area contributed by atoms with Crippen LogP contribution in [-0.2, 0) is 0 Å². The summed E-state index contributed by atoms with van der Waals surface area (Å²) < 4.78 is 0.773. The smallest absolute Gasteiger partial charge is 0.160 e. The van der Waals surface area contributed by atoms with Crippen molar-refractivity contribution in [3.05, 3.63) is 31.9 Å². The Kier molecular flexibility index (Phi) is 3.44. The predicted molar refractivity (Wildman–Crippen MR) is 59.6 cm³/mol. The summed E-state index contributed by atoms with van der Waals surface area (Å²) in [6.07, 6.45) is 0.638. The fraction of sp³-hybridized carbons (Fsp3) is 0.111. The van der Waals surface area contributed by atoms with Crippen molar-refractivity contribution in [1.82, 2.24) is 0 Å². The number of Topliss-reactive ketones (excluding diaryl/α,β-unsaturated/α-hetero) is 1. The zero-order valence-electron chi connectivity index (χ0n) is 6.80. The van der Waals surface area contributed by atoms with Gasteiger partial charge in [0.15, 0.2) is 12.1 Å². The molecule has 1 aromatic carbocycles. The van der Waals surface area contributed by atoms with Gasteiger partial charge in [0.2, 0.25) is 0 Å². The van der Waals surface area contributed by atoms with E-state index in [2.05, 4.69) is 0 Å². The van der Waals surface area contributed by atoms with Crippen molar-refractivity contribution in [1.29, 1.82) is 0 Å². The first kappa shape index (κ1) is 10.7. The number of carbonyl (C=O) groups is 2. The molecule has 0 heterocycles. The van der Waals surface area contributed by atoms with Crippen molar-refractivity contribution in [3.63, 3.8) is 0 Å². The molecule has 2 nitrogen and oxygen atoms in total. The van der Waals surface area contributed by atoms with Gasteiger partial charge in [0.1, 0.15) is 0 Å². The molecule has 0 unspecified atom stereocenters. The molecule has 0 radical (unpaired) electrons. The molecule has 1 rings (SSSR count). The van der Waals surface area contributed by atoms with Gasteiger partial charge in [0, 0.05) is 14.7 Å². The molecule has 0 atom stereocenters. The van der Waals surface area contributed by atoms with E-state index in [9.17, 15) is 9.59 Å². The Morgan fingerprint density at radius 1 is 1.54 bits per heavy atom. The lowest BCUT2D eigenvalue weighted by atomic mass is 10.1. The van der Waals surface area contributed by atoms with E-state index in [1.54, 1.807) is 6.07 Å². The van der Waals surface area contributed by atoms with Crippen LogP contribution in [-0.4, -0.2) is 12.1 Å². The van der Waals surface area contributed by atoms with Gasteiger partial charge >= 0.3 is 0 Å². The molecular weight excluding hydrogens is 302 g/mol. The Labute approximate surface area is 94.4 Å². The van der Waals surface area contributed by atoms with Gasteiger partial charge in [-0.05, 0) is 41.6 Å². The molecule has 0 spiro atoms. The summed E-state index contributed by atoms with van der Waals surface area (Å²) in [6.45, 7) is 1.42. The Hall–Kier alpha value is -0.420. The lowest BCUT2D eigenvalue weighted by molar-refractivity contribution is 0.100. The van der Waals surface area contributed by atoms with Gasteiger partial charge in [-0.3, -0.25) is 9.59 Å². The summed E-state index contributed by atoms with van der Waals surface area (Å²) in [4.78, 5) is 21.7. The summed E-state index contributed by atoms with van der Waals surface area (Å²) in [5.41, 5.74) is 0.765. The van der Waals surface area contributed by atoms with Crippen LogP contribution in [0.5, 0.6) is 0 Å². The monoisotopic (exact) mass is 308 g/mol. The summed E-state index contributed by atoms with van der Waals surface area (Å²) in [5, 5.41) is 0.493. The quantitative estimate of drug-likeness (QED) is 0.478. The van der Waals surface area contributed by atoms with Crippen LogP contribution in [0.2, 0.25) is 5.02 Å². The van der Waals surface area contributed by atoms with E-state index in [1.807, 2.05) is 22.6 Å². The highest BCUT2D eigenvalue weighted by molar-refractivity contribution is 14.1. The molecule has 0 aliphatic rings. The Morgan fingerprint density at radius 3 is 2.62 bits per heavy atom. The maximum atomic E-state index is 11.1. The molecule has 0 N–H and O–H groups in total. The normalized spacial score (nSPS) is 9.77. The van der Waals surface area contributed by atoms with Crippen molar-refractivity contribution >= 4 is 46.3 Å². The van der Waals surface area contributed by atoms with Gasteiger partial charge in [0.05, 0.1) is 5.02 Å². The van der Waals surface area contributed by atoms with Crippen molar-refractivity contribution in [2.45, 2.75) is 6.92 Å². The average molecular weight is 309 g/mol. The fourth-order valence-electron chi connectivity index (χ4n) is 0.965. The Morgan fingerprint density at radius 2 is 2.15 bits per heavy atom. The molecule has 0 saturated carbocycles. The molecular formula is C9H6ClIO2. The number of halogens is 2. The third kappa shape index (κ3) is 2.28. The van der Waals surface area contributed by atoms with E-state index < -0.39 is 0 Å². The highest BCUT2D eigenvalue weighted by Gasteiger charge is 2.09. The van der Waals surface area contributed by atoms with Crippen LogP contribution in [0.1, 0.15) is 27.6 Å². The van der Waals surface area contributed by atoms with Crippen molar-refractivity contribution < 1.29 is 9.59 Å². The lowest BCUT2D eigenvalue weighted by Crippen LogP contribution is -1.99. The summed E-state index contributed by atoms with van der Waals surface area (Å²) in [5.74, 6) is -0.128. The average Bonchev–Trinajstić information content (AvgIpc) is 2.08. The Balaban J connectivity index is 3.41. The number of aldehydes is 1. The van der Waals surface area contributed by atoms with Crippen LogP contribution < -0.4 is 0 Å². The van der Waals surface area contributed by atoms with E-state index in [1.165, 1.54) is 13.0 Å². The van der Waals surface area contributed by atoms with Gasteiger partial charge < -0.3 is 0 Å². The van der Waals surface area contributed by atoms with Gasteiger partial charge in [-0.2, -0.15) is 0 Å². The molecule has 13 heavy (non-hydrogen) atoms.